The molecular weight excluding hydrogens is 314 g/mol. The quantitative estimate of drug-likeness (QED) is 0.843. The Morgan fingerprint density at radius 1 is 1.43 bits per heavy atom. The third-order valence-electron chi connectivity index (χ3n) is 3.28. The Kier molecular flexibility index (Phi) is 3.66. The number of fused-ring (bicyclic) bond motifs is 1. The van der Waals surface area contributed by atoms with E-state index in [9.17, 15) is 18.3 Å². The van der Waals surface area contributed by atoms with E-state index >= 15 is 0 Å². The number of piperazine rings is 1. The van der Waals surface area contributed by atoms with E-state index in [1.54, 1.807) is 18.2 Å². The molecule has 1 aliphatic heterocycles. The molecule has 1 aromatic heterocycles. The molecule has 3 rings (SSSR count). The molecular formula is C12H13N3O4S2. The van der Waals surface area contributed by atoms with E-state index in [1.807, 2.05) is 6.07 Å². The highest BCUT2D eigenvalue weighted by atomic mass is 32.2. The average molecular weight is 327 g/mol. The van der Waals surface area contributed by atoms with Crippen molar-refractivity contribution >= 4 is 37.5 Å². The minimum atomic E-state index is -3.90. The number of nitrogens with zero attached hydrogens (tertiary/aromatic N) is 2. The van der Waals surface area contributed by atoms with E-state index in [-0.39, 0.29) is 17.4 Å². The lowest BCUT2D eigenvalue weighted by Crippen LogP contribution is -2.56. The number of hydrogen-bond acceptors (Lipinski definition) is 6. The second-order valence-electron chi connectivity index (χ2n) is 4.62. The summed E-state index contributed by atoms with van der Waals surface area (Å²) in [5.41, 5.74) is 0.600. The van der Waals surface area contributed by atoms with Crippen molar-refractivity contribution in [2.24, 2.45) is 0 Å². The van der Waals surface area contributed by atoms with Gasteiger partial charge in [0.25, 0.3) is 10.0 Å². The van der Waals surface area contributed by atoms with E-state index in [2.05, 4.69) is 10.3 Å². The monoisotopic (exact) mass is 327 g/mol. The Bertz CT molecular complexity index is 754. The number of benzene rings is 1. The van der Waals surface area contributed by atoms with Gasteiger partial charge in [0.2, 0.25) is 4.34 Å². The third-order valence-corrected chi connectivity index (χ3v) is 6.58. The van der Waals surface area contributed by atoms with Gasteiger partial charge in [-0.1, -0.05) is 12.1 Å². The van der Waals surface area contributed by atoms with Crippen LogP contribution in [0.3, 0.4) is 0 Å². The van der Waals surface area contributed by atoms with Crippen LogP contribution in [0.4, 0.5) is 0 Å². The number of aromatic nitrogens is 1. The van der Waals surface area contributed by atoms with Gasteiger partial charge in [-0.05, 0) is 12.1 Å². The zero-order chi connectivity index (χ0) is 15.0. The smallest absolute Gasteiger partial charge is 0.323 e. The number of aliphatic carboxylic acids is 1. The van der Waals surface area contributed by atoms with E-state index < -0.39 is 22.0 Å². The zero-order valence-corrected chi connectivity index (χ0v) is 12.5. The first-order chi connectivity index (χ1) is 10.00. The van der Waals surface area contributed by atoms with Gasteiger partial charge in [0.05, 0.1) is 10.2 Å². The number of carboxylic acid groups (broad SMARTS) is 1. The highest BCUT2D eigenvalue weighted by Gasteiger charge is 2.39. The topological polar surface area (TPSA) is 99.6 Å². The van der Waals surface area contributed by atoms with Crippen molar-refractivity contribution in [3.8, 4) is 0 Å². The summed E-state index contributed by atoms with van der Waals surface area (Å²) >= 11 is 1.06. The van der Waals surface area contributed by atoms with Crippen molar-refractivity contribution < 1.29 is 18.3 Å². The molecule has 0 radical (unpaired) electrons. The van der Waals surface area contributed by atoms with Gasteiger partial charge in [-0.3, -0.25) is 4.79 Å². The Labute approximate surface area is 125 Å². The minimum Gasteiger partial charge on any atom is -0.480 e. The predicted octanol–water partition coefficient (Wildman–Crippen LogP) is 0.343. The van der Waals surface area contributed by atoms with Gasteiger partial charge in [-0.2, -0.15) is 4.31 Å². The van der Waals surface area contributed by atoms with E-state index in [0.29, 0.717) is 12.1 Å². The number of rotatable bonds is 3. The molecule has 0 aliphatic carbocycles. The van der Waals surface area contributed by atoms with Gasteiger partial charge in [0.15, 0.2) is 0 Å². The summed E-state index contributed by atoms with van der Waals surface area (Å²) in [6.45, 7) is 0.641. The molecule has 0 amide bonds. The lowest BCUT2D eigenvalue weighted by atomic mass is 10.2. The van der Waals surface area contributed by atoms with Crippen LogP contribution in [0.5, 0.6) is 0 Å². The summed E-state index contributed by atoms with van der Waals surface area (Å²) in [6, 6.07) is 6.01. The first kappa shape index (κ1) is 14.4. The molecule has 1 aliphatic rings. The molecule has 0 spiro atoms. The zero-order valence-electron chi connectivity index (χ0n) is 10.9. The molecule has 21 heavy (non-hydrogen) atoms. The number of sulfonamides is 1. The molecule has 2 aromatic rings. The van der Waals surface area contributed by atoms with Crippen molar-refractivity contribution in [1.29, 1.82) is 0 Å². The lowest BCUT2D eigenvalue weighted by Gasteiger charge is -2.31. The molecule has 9 heteroatoms. The van der Waals surface area contributed by atoms with Crippen LogP contribution in [0.15, 0.2) is 28.6 Å². The van der Waals surface area contributed by atoms with Crippen LogP contribution >= 0.6 is 11.3 Å². The van der Waals surface area contributed by atoms with Crippen LogP contribution in [0.25, 0.3) is 10.2 Å². The molecule has 1 fully saturated rings. The highest BCUT2D eigenvalue weighted by molar-refractivity contribution is 7.91. The summed E-state index contributed by atoms with van der Waals surface area (Å²) in [5.74, 6) is -1.16. The van der Waals surface area contributed by atoms with Gasteiger partial charge in [0, 0.05) is 19.6 Å². The van der Waals surface area contributed by atoms with Crippen LogP contribution in [0, 0.1) is 0 Å². The number of thiazole rings is 1. The predicted molar refractivity (Wildman–Crippen MR) is 77.8 cm³/mol. The largest absolute Gasteiger partial charge is 0.480 e. The van der Waals surface area contributed by atoms with Crippen molar-refractivity contribution in [2.75, 3.05) is 19.6 Å². The molecule has 0 bridgehead atoms. The number of carbonyl (C=O) groups is 1. The molecule has 2 N–H and O–H groups in total. The number of para-hydroxylation sites is 1. The summed E-state index contributed by atoms with van der Waals surface area (Å²) in [6.07, 6.45) is 0. The standard InChI is InChI=1S/C12H13N3O4S2/c16-11(17)9-7-13-5-6-15(9)21(18,19)12-14-8-3-1-2-4-10(8)20-12/h1-4,9,13H,5-7H2,(H,16,17). The normalized spacial score (nSPS) is 20.7. The SMILES string of the molecule is O=C(O)C1CNCCN1S(=O)(=O)c1nc2ccccc2s1. The maximum absolute atomic E-state index is 12.7. The van der Waals surface area contributed by atoms with Crippen LogP contribution in [0.2, 0.25) is 0 Å². The van der Waals surface area contributed by atoms with Crippen LogP contribution in [-0.4, -0.2) is 54.5 Å². The van der Waals surface area contributed by atoms with Crippen LogP contribution in [0.1, 0.15) is 0 Å². The molecule has 1 unspecified atom stereocenters. The van der Waals surface area contributed by atoms with Gasteiger partial charge < -0.3 is 10.4 Å². The molecule has 2 heterocycles. The number of hydrogen-bond donors (Lipinski definition) is 2. The first-order valence-corrected chi connectivity index (χ1v) is 8.57. The Hall–Kier alpha value is -1.55. The maximum Gasteiger partial charge on any atom is 0.323 e. The summed E-state index contributed by atoms with van der Waals surface area (Å²) in [4.78, 5) is 15.4. The maximum atomic E-state index is 12.7. The molecule has 1 saturated heterocycles. The minimum absolute atomic E-state index is 0.0585. The van der Waals surface area contributed by atoms with Crippen molar-refractivity contribution in [3.63, 3.8) is 0 Å². The number of carboxylic acids is 1. The van der Waals surface area contributed by atoms with Gasteiger partial charge in [-0.15, -0.1) is 11.3 Å². The van der Waals surface area contributed by atoms with E-state index in [0.717, 1.165) is 20.3 Å². The Morgan fingerprint density at radius 2 is 2.19 bits per heavy atom. The van der Waals surface area contributed by atoms with E-state index in [4.69, 9.17) is 0 Å². The average Bonchev–Trinajstić information content (AvgIpc) is 2.92. The molecule has 1 aromatic carbocycles. The molecule has 7 nitrogen and oxygen atoms in total. The van der Waals surface area contributed by atoms with Crippen molar-refractivity contribution in [3.05, 3.63) is 24.3 Å². The van der Waals surface area contributed by atoms with Gasteiger partial charge in [-0.25, -0.2) is 13.4 Å². The Balaban J connectivity index is 2.04. The molecule has 112 valence electrons. The van der Waals surface area contributed by atoms with Gasteiger partial charge in [0.1, 0.15) is 6.04 Å². The molecule has 0 saturated carbocycles. The van der Waals surface area contributed by atoms with Crippen LogP contribution in [-0.2, 0) is 14.8 Å². The first-order valence-electron chi connectivity index (χ1n) is 6.31. The van der Waals surface area contributed by atoms with Crippen LogP contribution < -0.4 is 5.32 Å². The van der Waals surface area contributed by atoms with E-state index in [1.165, 1.54) is 0 Å². The van der Waals surface area contributed by atoms with Gasteiger partial charge >= 0.3 is 5.97 Å². The summed E-state index contributed by atoms with van der Waals surface area (Å²) < 4.78 is 27.0. The summed E-state index contributed by atoms with van der Waals surface area (Å²) in [5, 5.41) is 12.1. The second kappa shape index (κ2) is 5.34. The lowest BCUT2D eigenvalue weighted by molar-refractivity contribution is -0.141. The number of nitrogens with one attached hydrogen (secondary N) is 1. The molecule has 1 atom stereocenters. The Morgan fingerprint density at radius 3 is 2.90 bits per heavy atom. The summed E-state index contributed by atoms with van der Waals surface area (Å²) in [7, 11) is -3.90. The fourth-order valence-electron chi connectivity index (χ4n) is 2.25. The third kappa shape index (κ3) is 2.53. The van der Waals surface area contributed by atoms with Crippen molar-refractivity contribution in [2.45, 2.75) is 10.4 Å². The highest BCUT2D eigenvalue weighted by Crippen LogP contribution is 2.28. The van der Waals surface area contributed by atoms with Crippen molar-refractivity contribution in [1.82, 2.24) is 14.6 Å². The second-order valence-corrected chi connectivity index (χ2v) is 7.72. The fraction of sp³-hybridized carbons (Fsp3) is 0.333. The fourth-order valence-corrected chi connectivity index (χ4v) is 5.17.